The molecule has 0 bridgehead atoms. The largest absolute Gasteiger partial charge is 0.494 e. The summed E-state index contributed by atoms with van der Waals surface area (Å²) >= 11 is 0. The number of hydrogen-bond donors (Lipinski definition) is 1. The maximum Gasteiger partial charge on any atom is 0.271 e. The van der Waals surface area contributed by atoms with Crippen molar-refractivity contribution in [1.29, 1.82) is 0 Å². The van der Waals surface area contributed by atoms with E-state index in [-0.39, 0.29) is 5.69 Å². The highest BCUT2D eigenvalue weighted by Gasteiger charge is 2.32. The topological polar surface area (TPSA) is 109 Å². The number of nitro benzene ring substituents is 1. The fourth-order valence-corrected chi connectivity index (χ4v) is 2.37. The molecule has 110 valence electrons. The van der Waals surface area contributed by atoms with Crippen molar-refractivity contribution in [3.8, 4) is 11.4 Å². The van der Waals surface area contributed by atoms with Crippen LogP contribution in [0, 0.1) is 10.1 Å². The van der Waals surface area contributed by atoms with Gasteiger partial charge in [-0.15, -0.1) is 5.10 Å². The van der Waals surface area contributed by atoms with Gasteiger partial charge in [-0.2, -0.15) is 0 Å². The van der Waals surface area contributed by atoms with Gasteiger partial charge in [-0.3, -0.25) is 10.1 Å². The monoisotopic (exact) mass is 289 g/mol. The fourth-order valence-electron chi connectivity index (χ4n) is 2.37. The van der Waals surface area contributed by atoms with Crippen LogP contribution in [0.1, 0.15) is 30.1 Å². The molecule has 3 rings (SSSR count). The van der Waals surface area contributed by atoms with E-state index < -0.39 is 4.92 Å². The van der Waals surface area contributed by atoms with Crippen LogP contribution in [-0.4, -0.2) is 27.0 Å². The maximum absolute atomic E-state index is 11.0. The van der Waals surface area contributed by atoms with Gasteiger partial charge in [0.05, 0.1) is 17.7 Å². The minimum Gasteiger partial charge on any atom is -0.494 e. The molecular weight excluding hydrogens is 274 g/mol. The summed E-state index contributed by atoms with van der Waals surface area (Å²) in [5.41, 5.74) is 7.85. The highest BCUT2D eigenvalue weighted by Crippen LogP contribution is 2.43. The average molecular weight is 289 g/mol. The molecule has 1 fully saturated rings. The van der Waals surface area contributed by atoms with Crippen molar-refractivity contribution < 1.29 is 9.66 Å². The van der Waals surface area contributed by atoms with Gasteiger partial charge in [-0.05, 0) is 18.9 Å². The van der Waals surface area contributed by atoms with Gasteiger partial charge in [0, 0.05) is 24.6 Å². The second-order valence-corrected chi connectivity index (χ2v) is 4.92. The molecule has 1 aliphatic rings. The summed E-state index contributed by atoms with van der Waals surface area (Å²) in [7, 11) is 1.52. The number of benzene rings is 1. The predicted molar refractivity (Wildman–Crippen MR) is 74.4 cm³/mol. The molecule has 0 radical (unpaired) electrons. The van der Waals surface area contributed by atoms with Crippen LogP contribution in [0.4, 0.5) is 5.69 Å². The van der Waals surface area contributed by atoms with Crippen LogP contribution in [0.5, 0.6) is 5.75 Å². The molecule has 0 spiro atoms. The number of nitro groups is 1. The number of non-ortho nitro benzene ring substituents is 1. The number of ether oxygens (including phenoxy) is 1. The molecule has 1 heterocycles. The first-order valence-electron chi connectivity index (χ1n) is 6.63. The third-order valence-corrected chi connectivity index (χ3v) is 3.54. The Bertz CT molecular complexity index is 693. The molecule has 0 aliphatic heterocycles. The van der Waals surface area contributed by atoms with Gasteiger partial charge in [-0.1, -0.05) is 5.21 Å². The van der Waals surface area contributed by atoms with E-state index in [4.69, 9.17) is 10.5 Å². The third kappa shape index (κ3) is 2.33. The first-order valence-corrected chi connectivity index (χ1v) is 6.63. The second-order valence-electron chi connectivity index (χ2n) is 4.92. The van der Waals surface area contributed by atoms with E-state index in [0.29, 0.717) is 23.9 Å². The smallest absolute Gasteiger partial charge is 0.271 e. The quantitative estimate of drug-likeness (QED) is 0.660. The Morgan fingerprint density at radius 3 is 2.86 bits per heavy atom. The van der Waals surface area contributed by atoms with Crippen LogP contribution < -0.4 is 10.5 Å². The Morgan fingerprint density at radius 2 is 2.29 bits per heavy atom. The summed E-state index contributed by atoms with van der Waals surface area (Å²) < 4.78 is 6.91. The average Bonchev–Trinajstić information content (AvgIpc) is 3.25. The lowest BCUT2D eigenvalue weighted by Gasteiger charge is -2.11. The predicted octanol–water partition coefficient (Wildman–Crippen LogP) is 1.52. The number of rotatable bonds is 5. The van der Waals surface area contributed by atoms with Crippen LogP contribution in [0.25, 0.3) is 5.69 Å². The molecule has 0 atom stereocenters. The summed E-state index contributed by atoms with van der Waals surface area (Å²) in [5, 5.41) is 19.2. The molecule has 8 heteroatoms. The van der Waals surface area contributed by atoms with Crippen LogP contribution in [0.3, 0.4) is 0 Å². The van der Waals surface area contributed by atoms with Crippen molar-refractivity contribution in [3.63, 3.8) is 0 Å². The second kappa shape index (κ2) is 5.13. The molecular formula is C13H15N5O3. The Kier molecular flexibility index (Phi) is 3.30. The van der Waals surface area contributed by atoms with E-state index in [1.165, 1.54) is 19.2 Å². The van der Waals surface area contributed by atoms with Crippen molar-refractivity contribution in [2.75, 3.05) is 7.11 Å². The lowest BCUT2D eigenvalue weighted by molar-refractivity contribution is -0.384. The minimum absolute atomic E-state index is 0.0163. The van der Waals surface area contributed by atoms with E-state index in [1.54, 1.807) is 10.7 Å². The van der Waals surface area contributed by atoms with Gasteiger partial charge < -0.3 is 10.5 Å². The molecule has 2 aromatic rings. The van der Waals surface area contributed by atoms with Gasteiger partial charge in [0.2, 0.25) is 0 Å². The summed E-state index contributed by atoms with van der Waals surface area (Å²) in [6.45, 7) is 0.295. The van der Waals surface area contributed by atoms with E-state index in [0.717, 1.165) is 24.2 Å². The maximum atomic E-state index is 11.0. The zero-order valence-corrected chi connectivity index (χ0v) is 11.5. The lowest BCUT2D eigenvalue weighted by Crippen LogP contribution is -2.07. The highest BCUT2D eigenvalue weighted by molar-refractivity contribution is 5.54. The zero-order chi connectivity index (χ0) is 15.0. The van der Waals surface area contributed by atoms with E-state index in [1.807, 2.05) is 0 Å². The first kappa shape index (κ1) is 13.5. The summed E-state index contributed by atoms with van der Waals surface area (Å²) in [6, 6.07) is 4.41. The Hall–Kier alpha value is -2.48. The van der Waals surface area contributed by atoms with Gasteiger partial charge in [-0.25, -0.2) is 4.68 Å². The van der Waals surface area contributed by atoms with E-state index in [2.05, 4.69) is 10.3 Å². The van der Waals surface area contributed by atoms with Gasteiger partial charge in [0.25, 0.3) is 5.69 Å². The molecule has 0 amide bonds. The Labute approximate surface area is 120 Å². The fraction of sp³-hybridized carbons (Fsp3) is 0.385. The molecule has 21 heavy (non-hydrogen) atoms. The number of nitrogens with two attached hydrogens (primary N) is 1. The molecule has 1 aromatic carbocycles. The van der Waals surface area contributed by atoms with Crippen molar-refractivity contribution in [2.24, 2.45) is 5.73 Å². The highest BCUT2D eigenvalue weighted by atomic mass is 16.6. The molecule has 1 saturated carbocycles. The number of nitrogens with zero attached hydrogens (tertiary/aromatic N) is 4. The van der Waals surface area contributed by atoms with Crippen LogP contribution in [0.15, 0.2) is 18.2 Å². The third-order valence-electron chi connectivity index (χ3n) is 3.54. The summed E-state index contributed by atoms with van der Waals surface area (Å²) in [5.74, 6) is 0.874. The Morgan fingerprint density at radius 1 is 1.52 bits per heavy atom. The van der Waals surface area contributed by atoms with Crippen molar-refractivity contribution >= 4 is 5.69 Å². The molecule has 1 aliphatic carbocycles. The number of methoxy groups -OCH3 is 1. The summed E-state index contributed by atoms with van der Waals surface area (Å²) in [4.78, 5) is 10.5. The number of aromatic nitrogens is 3. The van der Waals surface area contributed by atoms with Gasteiger partial charge in [0.1, 0.15) is 17.1 Å². The SMILES string of the molecule is COc1ccc([N+](=O)[O-])cc1-n1nnc(CN)c1C1CC1. The van der Waals surface area contributed by atoms with Gasteiger partial charge >= 0.3 is 0 Å². The standard InChI is InChI=1S/C13H15N5O3/c1-21-12-5-4-9(18(19)20)6-11(12)17-13(8-2-3-8)10(7-14)15-16-17/h4-6,8H,2-3,7,14H2,1H3. The van der Waals surface area contributed by atoms with Crippen molar-refractivity contribution in [1.82, 2.24) is 15.0 Å². The lowest BCUT2D eigenvalue weighted by atomic mass is 10.2. The van der Waals surface area contributed by atoms with Crippen LogP contribution in [-0.2, 0) is 6.54 Å². The van der Waals surface area contributed by atoms with E-state index >= 15 is 0 Å². The normalized spacial score (nSPS) is 14.2. The van der Waals surface area contributed by atoms with Gasteiger partial charge in [0.15, 0.2) is 0 Å². The zero-order valence-electron chi connectivity index (χ0n) is 11.5. The van der Waals surface area contributed by atoms with Crippen LogP contribution in [0.2, 0.25) is 0 Å². The van der Waals surface area contributed by atoms with Crippen molar-refractivity contribution in [2.45, 2.75) is 25.3 Å². The molecule has 8 nitrogen and oxygen atoms in total. The first-order chi connectivity index (χ1) is 10.2. The number of hydrogen-bond acceptors (Lipinski definition) is 6. The van der Waals surface area contributed by atoms with Crippen molar-refractivity contribution in [3.05, 3.63) is 39.7 Å². The minimum atomic E-state index is -0.444. The molecule has 0 saturated heterocycles. The van der Waals surface area contributed by atoms with Crippen LogP contribution >= 0.6 is 0 Å². The molecule has 2 N–H and O–H groups in total. The summed E-state index contributed by atoms with van der Waals surface area (Å²) in [6.07, 6.45) is 2.11. The van der Waals surface area contributed by atoms with E-state index in [9.17, 15) is 10.1 Å². The molecule has 0 unspecified atom stereocenters. The molecule has 1 aromatic heterocycles. The Balaban J connectivity index is 2.17.